The minimum atomic E-state index is -0.0823. The lowest BCUT2D eigenvalue weighted by atomic mass is 10.0. The molecule has 0 bridgehead atoms. The summed E-state index contributed by atoms with van der Waals surface area (Å²) in [7, 11) is 0. The summed E-state index contributed by atoms with van der Waals surface area (Å²) in [4.78, 5) is 12.0. The normalized spacial score (nSPS) is 20.0. The van der Waals surface area contributed by atoms with Crippen molar-refractivity contribution in [3.8, 4) is 0 Å². The van der Waals surface area contributed by atoms with Gasteiger partial charge in [-0.05, 0) is 44.0 Å². The fraction of sp³-hybridized carbons (Fsp3) is 0.462. The number of carbonyl (C=O) groups is 1. The molecule has 0 aromatic heterocycles. The maximum Gasteiger partial charge on any atom is 0.241 e. The molecule has 0 saturated carbocycles. The Labute approximate surface area is 107 Å². The van der Waals surface area contributed by atoms with Gasteiger partial charge in [0.15, 0.2) is 0 Å². The number of piperidine rings is 1. The highest BCUT2D eigenvalue weighted by molar-refractivity contribution is 6.33. The number of aryl methyl sites for hydroxylation is 1. The van der Waals surface area contributed by atoms with Gasteiger partial charge in [0.25, 0.3) is 0 Å². The van der Waals surface area contributed by atoms with Crippen LogP contribution >= 0.6 is 11.6 Å². The van der Waals surface area contributed by atoms with Gasteiger partial charge in [0.2, 0.25) is 5.91 Å². The Morgan fingerprint density at radius 1 is 1.47 bits per heavy atom. The molecule has 0 spiro atoms. The van der Waals surface area contributed by atoms with Crippen LogP contribution in [0.1, 0.15) is 24.8 Å². The Morgan fingerprint density at radius 3 is 2.94 bits per heavy atom. The molecule has 1 fully saturated rings. The van der Waals surface area contributed by atoms with Crippen LogP contribution < -0.4 is 10.6 Å². The molecule has 1 unspecified atom stereocenters. The zero-order valence-electron chi connectivity index (χ0n) is 9.92. The lowest BCUT2D eigenvalue weighted by Crippen LogP contribution is -2.43. The van der Waals surface area contributed by atoms with Crippen molar-refractivity contribution < 1.29 is 4.79 Å². The van der Waals surface area contributed by atoms with Crippen molar-refractivity contribution in [3.63, 3.8) is 0 Å². The Morgan fingerprint density at radius 2 is 2.29 bits per heavy atom. The van der Waals surface area contributed by atoms with E-state index in [1.165, 1.54) is 0 Å². The highest BCUT2D eigenvalue weighted by atomic mass is 35.5. The van der Waals surface area contributed by atoms with Gasteiger partial charge in [-0.2, -0.15) is 0 Å². The van der Waals surface area contributed by atoms with Crippen LogP contribution in [0.3, 0.4) is 0 Å². The van der Waals surface area contributed by atoms with Gasteiger partial charge in [0.05, 0.1) is 16.8 Å². The molecule has 1 amide bonds. The van der Waals surface area contributed by atoms with Crippen molar-refractivity contribution in [1.29, 1.82) is 0 Å². The molecular formula is C13H17ClN2O. The standard InChI is InChI=1S/C13H17ClN2O/c1-9-5-6-11(10(14)8-9)16-13(17)12-4-2-3-7-15-12/h5-6,8,12,15H,2-4,7H2,1H3,(H,16,17). The number of carbonyl (C=O) groups excluding carboxylic acids is 1. The minimum absolute atomic E-state index is 0.00968. The van der Waals surface area contributed by atoms with Gasteiger partial charge >= 0.3 is 0 Å². The van der Waals surface area contributed by atoms with Gasteiger partial charge in [-0.25, -0.2) is 0 Å². The van der Waals surface area contributed by atoms with Crippen LogP contribution in [0.15, 0.2) is 18.2 Å². The maximum atomic E-state index is 12.0. The Kier molecular flexibility index (Phi) is 4.02. The molecule has 92 valence electrons. The first-order chi connectivity index (χ1) is 8.16. The molecule has 1 aliphatic rings. The molecule has 2 rings (SSSR count). The van der Waals surface area contributed by atoms with Crippen molar-refractivity contribution in [2.45, 2.75) is 32.2 Å². The quantitative estimate of drug-likeness (QED) is 0.850. The fourth-order valence-corrected chi connectivity index (χ4v) is 2.30. The highest BCUT2D eigenvalue weighted by Gasteiger charge is 2.20. The average Bonchev–Trinajstić information content (AvgIpc) is 2.34. The van der Waals surface area contributed by atoms with Crippen molar-refractivity contribution in [3.05, 3.63) is 28.8 Å². The third-order valence-electron chi connectivity index (χ3n) is 3.01. The molecule has 0 aliphatic carbocycles. The number of anilines is 1. The van der Waals surface area contributed by atoms with E-state index in [9.17, 15) is 4.79 Å². The predicted octanol–water partition coefficient (Wildman–Crippen LogP) is 2.73. The van der Waals surface area contributed by atoms with Crippen LogP contribution in [0.5, 0.6) is 0 Å². The van der Waals surface area contributed by atoms with E-state index in [1.807, 2.05) is 25.1 Å². The third kappa shape index (κ3) is 3.20. The van der Waals surface area contributed by atoms with Crippen LogP contribution in [0.4, 0.5) is 5.69 Å². The summed E-state index contributed by atoms with van der Waals surface area (Å²) in [6.07, 6.45) is 3.15. The number of rotatable bonds is 2. The van der Waals surface area contributed by atoms with Gasteiger partial charge in [-0.15, -0.1) is 0 Å². The monoisotopic (exact) mass is 252 g/mol. The van der Waals surface area contributed by atoms with Crippen molar-refractivity contribution in [2.75, 3.05) is 11.9 Å². The summed E-state index contributed by atoms with van der Waals surface area (Å²) in [5, 5.41) is 6.68. The highest BCUT2D eigenvalue weighted by Crippen LogP contribution is 2.23. The second-order valence-electron chi connectivity index (χ2n) is 4.48. The second-order valence-corrected chi connectivity index (χ2v) is 4.88. The van der Waals surface area contributed by atoms with Gasteiger partial charge in [0, 0.05) is 0 Å². The summed E-state index contributed by atoms with van der Waals surface area (Å²) in [6.45, 7) is 2.89. The van der Waals surface area contributed by atoms with Gasteiger partial charge < -0.3 is 10.6 Å². The topological polar surface area (TPSA) is 41.1 Å². The van der Waals surface area contributed by atoms with Crippen LogP contribution in [-0.2, 0) is 4.79 Å². The fourth-order valence-electron chi connectivity index (χ4n) is 2.02. The molecule has 1 aromatic carbocycles. The van der Waals surface area contributed by atoms with E-state index >= 15 is 0 Å². The average molecular weight is 253 g/mol. The van der Waals surface area contributed by atoms with Gasteiger partial charge in [-0.3, -0.25) is 4.79 Å². The molecule has 3 nitrogen and oxygen atoms in total. The van der Waals surface area contributed by atoms with Crippen LogP contribution in [-0.4, -0.2) is 18.5 Å². The van der Waals surface area contributed by atoms with Crippen LogP contribution in [0.25, 0.3) is 0 Å². The number of benzene rings is 1. The van der Waals surface area contributed by atoms with Gasteiger partial charge in [-0.1, -0.05) is 24.1 Å². The van der Waals surface area contributed by atoms with Crippen molar-refractivity contribution in [1.82, 2.24) is 5.32 Å². The lowest BCUT2D eigenvalue weighted by molar-refractivity contribution is -0.118. The second kappa shape index (κ2) is 5.52. The maximum absolute atomic E-state index is 12.0. The van der Waals surface area contributed by atoms with E-state index in [4.69, 9.17) is 11.6 Å². The molecule has 1 saturated heterocycles. The zero-order valence-corrected chi connectivity index (χ0v) is 10.7. The van der Waals surface area contributed by atoms with E-state index in [2.05, 4.69) is 10.6 Å². The van der Waals surface area contributed by atoms with E-state index in [0.29, 0.717) is 10.7 Å². The lowest BCUT2D eigenvalue weighted by Gasteiger charge is -2.22. The number of hydrogen-bond acceptors (Lipinski definition) is 2. The predicted molar refractivity (Wildman–Crippen MR) is 70.5 cm³/mol. The molecule has 1 atom stereocenters. The first kappa shape index (κ1) is 12.4. The minimum Gasteiger partial charge on any atom is -0.323 e. The van der Waals surface area contributed by atoms with E-state index < -0.39 is 0 Å². The molecule has 1 aliphatic heterocycles. The number of hydrogen-bond donors (Lipinski definition) is 2. The molecule has 1 aromatic rings. The van der Waals surface area contributed by atoms with Crippen LogP contribution in [0, 0.1) is 6.92 Å². The van der Waals surface area contributed by atoms with Gasteiger partial charge in [0.1, 0.15) is 0 Å². The van der Waals surface area contributed by atoms with E-state index in [-0.39, 0.29) is 11.9 Å². The molecule has 0 radical (unpaired) electrons. The van der Waals surface area contributed by atoms with Crippen LogP contribution in [0.2, 0.25) is 5.02 Å². The Bertz CT molecular complexity index is 414. The first-order valence-corrected chi connectivity index (χ1v) is 6.35. The largest absolute Gasteiger partial charge is 0.323 e. The smallest absolute Gasteiger partial charge is 0.241 e. The zero-order chi connectivity index (χ0) is 12.3. The van der Waals surface area contributed by atoms with E-state index in [0.717, 1.165) is 31.4 Å². The number of nitrogens with one attached hydrogen (secondary N) is 2. The SMILES string of the molecule is Cc1ccc(NC(=O)C2CCCCN2)c(Cl)c1. The summed E-state index contributed by atoms with van der Waals surface area (Å²) in [5.74, 6) is 0.00968. The summed E-state index contributed by atoms with van der Waals surface area (Å²) >= 11 is 6.08. The molecule has 4 heteroatoms. The number of halogens is 1. The number of amides is 1. The van der Waals surface area contributed by atoms with Crippen molar-refractivity contribution in [2.24, 2.45) is 0 Å². The molecule has 1 heterocycles. The third-order valence-corrected chi connectivity index (χ3v) is 3.32. The summed E-state index contributed by atoms with van der Waals surface area (Å²) < 4.78 is 0. The Hall–Kier alpha value is -1.06. The van der Waals surface area contributed by atoms with Crippen molar-refractivity contribution >= 4 is 23.2 Å². The molecular weight excluding hydrogens is 236 g/mol. The Balaban J connectivity index is 2.02. The summed E-state index contributed by atoms with van der Waals surface area (Å²) in [5.41, 5.74) is 1.78. The first-order valence-electron chi connectivity index (χ1n) is 5.97. The summed E-state index contributed by atoms with van der Waals surface area (Å²) in [6, 6.07) is 5.56. The van der Waals surface area contributed by atoms with E-state index in [1.54, 1.807) is 0 Å². The molecule has 17 heavy (non-hydrogen) atoms. The molecule has 2 N–H and O–H groups in total.